The Labute approximate surface area is 155 Å². The van der Waals surface area contributed by atoms with Crippen molar-refractivity contribution in [3.05, 3.63) is 102 Å². The van der Waals surface area contributed by atoms with Crippen LogP contribution in [0.5, 0.6) is 0 Å². The number of Topliss-reactive ketones (excluding diaryl/α,β-unsaturated/α-hetero) is 1. The molecule has 0 amide bonds. The lowest BCUT2D eigenvalue weighted by Crippen LogP contribution is -2.25. The zero-order chi connectivity index (χ0) is 18.2. The fourth-order valence-corrected chi connectivity index (χ4v) is 2.97. The van der Waals surface area contributed by atoms with Gasteiger partial charge in [-0.25, -0.2) is 0 Å². The van der Waals surface area contributed by atoms with Gasteiger partial charge in [0.15, 0.2) is 5.78 Å². The van der Waals surface area contributed by atoms with E-state index in [9.17, 15) is 4.79 Å². The molecule has 0 saturated carbocycles. The zero-order valence-corrected chi connectivity index (χ0v) is 14.8. The highest BCUT2D eigenvalue weighted by Crippen LogP contribution is 2.13. The number of benzene rings is 3. The number of nitrogens with two attached hydrogens (primary N) is 1. The molecule has 2 N–H and O–H groups in total. The van der Waals surface area contributed by atoms with Gasteiger partial charge in [-0.1, -0.05) is 60.7 Å². The maximum Gasteiger partial charge on any atom is 0.164 e. The molecule has 0 aliphatic rings. The number of hydrogen-bond donors (Lipinski definition) is 1. The van der Waals surface area contributed by atoms with E-state index >= 15 is 0 Å². The number of carbonyl (C=O) groups is 1. The van der Waals surface area contributed by atoms with Crippen molar-refractivity contribution in [1.82, 2.24) is 4.90 Å². The number of ketones is 1. The molecule has 3 aromatic rings. The Kier molecular flexibility index (Phi) is 6.18. The van der Waals surface area contributed by atoms with Gasteiger partial charge in [0.1, 0.15) is 0 Å². The largest absolute Gasteiger partial charge is 0.399 e. The quantitative estimate of drug-likeness (QED) is 0.482. The van der Waals surface area contributed by atoms with E-state index in [0.29, 0.717) is 18.7 Å². The first-order valence-corrected chi connectivity index (χ1v) is 8.89. The van der Waals surface area contributed by atoms with Gasteiger partial charge in [0.05, 0.1) is 0 Å². The van der Waals surface area contributed by atoms with Crippen molar-refractivity contribution in [3.63, 3.8) is 0 Å². The third kappa shape index (κ3) is 5.30. The first kappa shape index (κ1) is 17.9. The van der Waals surface area contributed by atoms with Crippen LogP contribution >= 0.6 is 0 Å². The summed E-state index contributed by atoms with van der Waals surface area (Å²) in [5, 5.41) is 0. The van der Waals surface area contributed by atoms with E-state index in [4.69, 9.17) is 5.73 Å². The highest BCUT2D eigenvalue weighted by Gasteiger charge is 2.11. The molecule has 3 aromatic carbocycles. The maximum atomic E-state index is 12.5. The molecule has 3 rings (SSSR count). The van der Waals surface area contributed by atoms with Crippen LogP contribution < -0.4 is 5.73 Å². The number of carbonyl (C=O) groups excluding carboxylic acids is 1. The molecule has 0 spiro atoms. The molecular weight excluding hydrogens is 320 g/mol. The van der Waals surface area contributed by atoms with Crippen molar-refractivity contribution in [2.75, 3.05) is 12.3 Å². The minimum absolute atomic E-state index is 0.149. The van der Waals surface area contributed by atoms with Gasteiger partial charge in [0.2, 0.25) is 0 Å². The minimum Gasteiger partial charge on any atom is -0.399 e. The van der Waals surface area contributed by atoms with Crippen LogP contribution in [-0.2, 0) is 13.1 Å². The number of rotatable bonds is 8. The van der Waals surface area contributed by atoms with Crippen LogP contribution in [0, 0.1) is 0 Å². The van der Waals surface area contributed by atoms with Crippen molar-refractivity contribution in [1.29, 1.82) is 0 Å². The molecule has 0 saturated heterocycles. The Hall–Kier alpha value is -2.91. The van der Waals surface area contributed by atoms with E-state index in [1.165, 1.54) is 11.1 Å². The van der Waals surface area contributed by atoms with Gasteiger partial charge in [0, 0.05) is 37.3 Å². The minimum atomic E-state index is 0.149. The van der Waals surface area contributed by atoms with E-state index in [0.717, 1.165) is 18.7 Å². The summed E-state index contributed by atoms with van der Waals surface area (Å²) in [6.45, 7) is 2.36. The van der Waals surface area contributed by atoms with Gasteiger partial charge in [-0.05, 0) is 35.4 Å². The molecule has 0 aliphatic carbocycles. The first-order chi connectivity index (χ1) is 12.7. The lowest BCUT2D eigenvalue weighted by atomic mass is 10.1. The van der Waals surface area contributed by atoms with Crippen LogP contribution in [-0.4, -0.2) is 17.2 Å². The average Bonchev–Trinajstić information content (AvgIpc) is 2.68. The van der Waals surface area contributed by atoms with Gasteiger partial charge >= 0.3 is 0 Å². The summed E-state index contributed by atoms with van der Waals surface area (Å²) in [7, 11) is 0. The van der Waals surface area contributed by atoms with Crippen molar-refractivity contribution in [2.45, 2.75) is 19.5 Å². The molecule has 0 aliphatic heterocycles. The third-order valence-corrected chi connectivity index (χ3v) is 4.39. The van der Waals surface area contributed by atoms with E-state index < -0.39 is 0 Å². The van der Waals surface area contributed by atoms with Crippen molar-refractivity contribution < 1.29 is 4.79 Å². The lowest BCUT2D eigenvalue weighted by molar-refractivity contribution is 0.0960. The molecule has 0 radical (unpaired) electrons. The predicted molar refractivity (Wildman–Crippen MR) is 107 cm³/mol. The van der Waals surface area contributed by atoms with Crippen LogP contribution in [0.15, 0.2) is 84.9 Å². The molecule has 0 bridgehead atoms. The molecule has 3 nitrogen and oxygen atoms in total. The Morgan fingerprint density at radius 3 is 1.73 bits per heavy atom. The van der Waals surface area contributed by atoms with Gasteiger partial charge in [-0.3, -0.25) is 9.69 Å². The first-order valence-electron chi connectivity index (χ1n) is 8.89. The second-order valence-electron chi connectivity index (χ2n) is 6.48. The number of anilines is 1. The summed E-state index contributed by atoms with van der Waals surface area (Å²) < 4.78 is 0. The number of hydrogen-bond acceptors (Lipinski definition) is 3. The van der Waals surface area contributed by atoms with Crippen LogP contribution in [0.3, 0.4) is 0 Å². The number of nitrogen functional groups attached to an aromatic ring is 1. The normalized spacial score (nSPS) is 10.8. The van der Waals surface area contributed by atoms with E-state index in [1.54, 1.807) is 24.3 Å². The standard InChI is InChI=1S/C23H24N2O/c24-22-13-11-21(12-14-22)23(26)15-16-25(17-19-7-3-1-4-8-19)18-20-9-5-2-6-10-20/h1-14H,15-18,24H2. The third-order valence-electron chi connectivity index (χ3n) is 4.39. The Morgan fingerprint density at radius 2 is 1.23 bits per heavy atom. The molecular formula is C23H24N2O. The average molecular weight is 344 g/mol. The van der Waals surface area contributed by atoms with Gasteiger partial charge in [-0.15, -0.1) is 0 Å². The van der Waals surface area contributed by atoms with Gasteiger partial charge in [-0.2, -0.15) is 0 Å². The molecule has 3 heteroatoms. The Bertz CT molecular complexity index is 772. The Morgan fingerprint density at radius 1 is 0.731 bits per heavy atom. The zero-order valence-electron chi connectivity index (χ0n) is 14.8. The van der Waals surface area contributed by atoms with Gasteiger partial charge in [0.25, 0.3) is 0 Å². The smallest absolute Gasteiger partial charge is 0.164 e. The fraction of sp³-hybridized carbons (Fsp3) is 0.174. The maximum absolute atomic E-state index is 12.5. The predicted octanol–water partition coefficient (Wildman–Crippen LogP) is 4.54. The van der Waals surface area contributed by atoms with E-state index in [1.807, 2.05) is 12.1 Å². The van der Waals surface area contributed by atoms with Crippen LogP contribution in [0.2, 0.25) is 0 Å². The van der Waals surface area contributed by atoms with Crippen molar-refractivity contribution in [2.24, 2.45) is 0 Å². The summed E-state index contributed by atoms with van der Waals surface area (Å²) >= 11 is 0. The second-order valence-corrected chi connectivity index (χ2v) is 6.48. The topological polar surface area (TPSA) is 46.3 Å². The van der Waals surface area contributed by atoms with Crippen LogP contribution in [0.1, 0.15) is 27.9 Å². The lowest BCUT2D eigenvalue weighted by Gasteiger charge is -2.22. The summed E-state index contributed by atoms with van der Waals surface area (Å²) in [5.41, 5.74) is 9.61. The van der Waals surface area contributed by atoms with Gasteiger partial charge < -0.3 is 5.73 Å². The summed E-state index contributed by atoms with van der Waals surface area (Å²) in [6.07, 6.45) is 0.490. The van der Waals surface area contributed by atoms with Crippen molar-refractivity contribution >= 4 is 11.5 Å². The van der Waals surface area contributed by atoms with Crippen LogP contribution in [0.4, 0.5) is 5.69 Å². The monoisotopic (exact) mass is 344 g/mol. The second kappa shape index (κ2) is 8.97. The highest BCUT2D eigenvalue weighted by atomic mass is 16.1. The van der Waals surface area contributed by atoms with E-state index in [-0.39, 0.29) is 5.78 Å². The fourth-order valence-electron chi connectivity index (χ4n) is 2.97. The summed E-state index contributed by atoms with van der Waals surface area (Å²) in [6, 6.07) is 27.9. The molecule has 132 valence electrons. The van der Waals surface area contributed by atoms with E-state index in [2.05, 4.69) is 53.4 Å². The molecule has 0 unspecified atom stereocenters. The number of nitrogens with zero attached hydrogens (tertiary/aromatic N) is 1. The van der Waals surface area contributed by atoms with Crippen LogP contribution in [0.25, 0.3) is 0 Å². The molecule has 0 atom stereocenters. The molecule has 0 fully saturated rings. The van der Waals surface area contributed by atoms with Crippen molar-refractivity contribution in [3.8, 4) is 0 Å². The summed E-state index contributed by atoms with van der Waals surface area (Å²) in [5.74, 6) is 0.149. The Balaban J connectivity index is 1.66. The molecule has 26 heavy (non-hydrogen) atoms. The molecule has 0 aromatic heterocycles. The SMILES string of the molecule is Nc1ccc(C(=O)CCN(Cc2ccccc2)Cc2ccccc2)cc1. The summed E-state index contributed by atoms with van der Waals surface area (Å²) in [4.78, 5) is 14.8. The highest BCUT2D eigenvalue weighted by molar-refractivity contribution is 5.96. The molecule has 0 heterocycles.